The van der Waals surface area contributed by atoms with Crippen LogP contribution in [0.15, 0.2) is 85.0 Å². The molecule has 2 aromatic rings. The highest BCUT2D eigenvalue weighted by molar-refractivity contribution is 6.16. The fourth-order valence-electron chi connectivity index (χ4n) is 3.12. The monoisotopic (exact) mass is 316 g/mol. The van der Waals surface area contributed by atoms with Gasteiger partial charge in [0.1, 0.15) is 0 Å². The van der Waals surface area contributed by atoms with Crippen molar-refractivity contribution >= 4 is 11.6 Å². The molecule has 1 unspecified atom stereocenters. The zero-order chi connectivity index (χ0) is 16.8. The number of carbonyl (C=O) groups excluding carboxylic acids is 2. The molecule has 0 bridgehead atoms. The Kier molecular flexibility index (Phi) is 5.17. The van der Waals surface area contributed by atoms with E-state index < -0.39 is 5.92 Å². The van der Waals surface area contributed by atoms with Gasteiger partial charge < -0.3 is 0 Å². The largest absolute Gasteiger partial charge is 0.293 e. The second-order valence-electron chi connectivity index (χ2n) is 5.99. The molecule has 0 N–H and O–H groups in total. The highest BCUT2D eigenvalue weighted by atomic mass is 16.2. The lowest BCUT2D eigenvalue weighted by Gasteiger charge is -2.22. The summed E-state index contributed by atoms with van der Waals surface area (Å²) in [6.07, 6.45) is 9.68. The van der Waals surface area contributed by atoms with Crippen molar-refractivity contribution in [3.05, 3.63) is 96.1 Å². The molecule has 1 aliphatic rings. The van der Waals surface area contributed by atoms with E-state index in [-0.39, 0.29) is 17.5 Å². The van der Waals surface area contributed by atoms with E-state index in [0.717, 1.165) is 12.8 Å². The predicted octanol–water partition coefficient (Wildman–Crippen LogP) is 4.89. The van der Waals surface area contributed by atoms with E-state index in [1.54, 1.807) is 24.3 Å². The second kappa shape index (κ2) is 7.69. The minimum Gasteiger partial charge on any atom is -0.293 e. The summed E-state index contributed by atoms with van der Waals surface area (Å²) in [5, 5.41) is 0. The average Bonchev–Trinajstić information content (AvgIpc) is 2.92. The van der Waals surface area contributed by atoms with Gasteiger partial charge in [-0.25, -0.2) is 0 Å². The number of benzene rings is 2. The molecule has 0 saturated heterocycles. The van der Waals surface area contributed by atoms with Crippen molar-refractivity contribution in [3.8, 4) is 0 Å². The van der Waals surface area contributed by atoms with Gasteiger partial charge in [-0.1, -0.05) is 85.0 Å². The minimum atomic E-state index is -0.675. The van der Waals surface area contributed by atoms with E-state index in [4.69, 9.17) is 0 Å². The van der Waals surface area contributed by atoms with Gasteiger partial charge in [0.15, 0.2) is 11.6 Å². The maximum absolute atomic E-state index is 13.1. The first-order chi connectivity index (χ1) is 11.8. The van der Waals surface area contributed by atoms with Crippen LogP contribution in [0, 0.1) is 11.8 Å². The molecular formula is C22H20O2. The molecule has 0 amide bonds. The van der Waals surface area contributed by atoms with Crippen molar-refractivity contribution in [2.24, 2.45) is 11.8 Å². The SMILES string of the molecule is O=C(c1ccccc1)C(C(=O)c1ccccc1)C1C=CC=CCC1. The molecule has 0 aromatic heterocycles. The van der Waals surface area contributed by atoms with Gasteiger partial charge in [0.25, 0.3) is 0 Å². The van der Waals surface area contributed by atoms with Crippen LogP contribution in [0.1, 0.15) is 33.6 Å². The van der Waals surface area contributed by atoms with Crippen molar-refractivity contribution in [1.82, 2.24) is 0 Å². The predicted molar refractivity (Wildman–Crippen MR) is 96.0 cm³/mol. The Morgan fingerprint density at radius 2 is 1.33 bits per heavy atom. The van der Waals surface area contributed by atoms with Crippen LogP contribution in [-0.2, 0) is 0 Å². The molecule has 0 heterocycles. The molecule has 3 rings (SSSR count). The Morgan fingerprint density at radius 1 is 0.792 bits per heavy atom. The normalized spacial score (nSPS) is 16.8. The van der Waals surface area contributed by atoms with Crippen molar-refractivity contribution in [3.63, 3.8) is 0 Å². The van der Waals surface area contributed by atoms with E-state index in [9.17, 15) is 9.59 Å². The van der Waals surface area contributed by atoms with Gasteiger partial charge in [-0.2, -0.15) is 0 Å². The fraction of sp³-hybridized carbons (Fsp3) is 0.182. The van der Waals surface area contributed by atoms with Crippen LogP contribution in [0.4, 0.5) is 0 Å². The van der Waals surface area contributed by atoms with E-state index in [0.29, 0.717) is 11.1 Å². The van der Waals surface area contributed by atoms with Crippen molar-refractivity contribution < 1.29 is 9.59 Å². The Hall–Kier alpha value is -2.74. The first-order valence-electron chi connectivity index (χ1n) is 8.29. The molecule has 1 aliphatic carbocycles. The number of allylic oxidation sites excluding steroid dienone is 4. The van der Waals surface area contributed by atoms with Gasteiger partial charge in [-0.15, -0.1) is 0 Å². The van der Waals surface area contributed by atoms with Gasteiger partial charge in [-0.3, -0.25) is 9.59 Å². The third kappa shape index (κ3) is 3.60. The molecule has 2 aromatic carbocycles. The highest BCUT2D eigenvalue weighted by Crippen LogP contribution is 2.28. The number of ketones is 2. The molecule has 2 nitrogen and oxygen atoms in total. The molecule has 0 fully saturated rings. The van der Waals surface area contributed by atoms with Crippen LogP contribution in [-0.4, -0.2) is 11.6 Å². The summed E-state index contributed by atoms with van der Waals surface area (Å²) in [4.78, 5) is 26.2. The summed E-state index contributed by atoms with van der Waals surface area (Å²) >= 11 is 0. The molecule has 0 spiro atoms. The lowest BCUT2D eigenvalue weighted by atomic mass is 9.78. The van der Waals surface area contributed by atoms with Crippen LogP contribution < -0.4 is 0 Å². The van der Waals surface area contributed by atoms with Crippen LogP contribution in [0.5, 0.6) is 0 Å². The summed E-state index contributed by atoms with van der Waals surface area (Å²) in [7, 11) is 0. The lowest BCUT2D eigenvalue weighted by molar-refractivity contribution is 0.0767. The van der Waals surface area contributed by atoms with Gasteiger partial charge >= 0.3 is 0 Å². The molecule has 24 heavy (non-hydrogen) atoms. The minimum absolute atomic E-state index is 0.0830. The van der Waals surface area contributed by atoms with Crippen LogP contribution in [0.2, 0.25) is 0 Å². The third-order valence-corrected chi connectivity index (χ3v) is 4.38. The zero-order valence-electron chi connectivity index (χ0n) is 13.5. The van der Waals surface area contributed by atoms with Gasteiger partial charge in [-0.05, 0) is 18.8 Å². The molecule has 120 valence electrons. The first kappa shape index (κ1) is 16.1. The molecule has 0 saturated carbocycles. The Morgan fingerprint density at radius 3 is 1.88 bits per heavy atom. The van der Waals surface area contributed by atoms with Gasteiger partial charge in [0, 0.05) is 11.1 Å². The number of hydrogen-bond acceptors (Lipinski definition) is 2. The van der Waals surface area contributed by atoms with Gasteiger partial charge in [0.05, 0.1) is 5.92 Å². The Labute approximate surface area is 142 Å². The Balaban J connectivity index is 1.97. The van der Waals surface area contributed by atoms with Crippen LogP contribution in [0.25, 0.3) is 0 Å². The molecule has 0 aliphatic heterocycles. The van der Waals surface area contributed by atoms with Crippen molar-refractivity contribution in [1.29, 1.82) is 0 Å². The first-order valence-corrected chi connectivity index (χ1v) is 8.29. The molecular weight excluding hydrogens is 296 g/mol. The number of hydrogen-bond donors (Lipinski definition) is 0. The standard InChI is InChI=1S/C22H20O2/c23-21(18-13-7-3-8-14-18)20(17-11-5-1-2-6-12-17)22(24)19-15-9-4-10-16-19/h1-5,7-11,13-17,20H,6,12H2. The highest BCUT2D eigenvalue weighted by Gasteiger charge is 2.34. The Bertz CT molecular complexity index is 706. The maximum atomic E-state index is 13.1. The summed E-state index contributed by atoms with van der Waals surface area (Å²) in [5.74, 6) is -0.951. The summed E-state index contributed by atoms with van der Waals surface area (Å²) in [6, 6.07) is 18.2. The van der Waals surface area contributed by atoms with E-state index >= 15 is 0 Å². The van der Waals surface area contributed by atoms with E-state index in [2.05, 4.69) is 6.08 Å². The summed E-state index contributed by atoms with van der Waals surface area (Å²) in [5.41, 5.74) is 1.19. The van der Waals surface area contributed by atoms with E-state index in [1.165, 1.54) is 0 Å². The van der Waals surface area contributed by atoms with Crippen LogP contribution in [0.3, 0.4) is 0 Å². The fourth-order valence-corrected chi connectivity index (χ4v) is 3.12. The van der Waals surface area contributed by atoms with Crippen molar-refractivity contribution in [2.45, 2.75) is 12.8 Å². The molecule has 2 heteroatoms. The number of rotatable bonds is 5. The van der Waals surface area contributed by atoms with Gasteiger partial charge in [0.2, 0.25) is 0 Å². The quantitative estimate of drug-likeness (QED) is 0.581. The summed E-state index contributed by atoms with van der Waals surface area (Å²) in [6.45, 7) is 0. The third-order valence-electron chi connectivity index (χ3n) is 4.38. The average molecular weight is 316 g/mol. The topological polar surface area (TPSA) is 34.1 Å². The smallest absolute Gasteiger partial charge is 0.174 e. The van der Waals surface area contributed by atoms with E-state index in [1.807, 2.05) is 54.6 Å². The molecule has 1 atom stereocenters. The number of Topliss-reactive ketones (excluding diaryl/α,β-unsaturated/α-hetero) is 2. The maximum Gasteiger partial charge on any atom is 0.174 e. The zero-order valence-corrected chi connectivity index (χ0v) is 13.5. The second-order valence-corrected chi connectivity index (χ2v) is 5.99. The van der Waals surface area contributed by atoms with Crippen molar-refractivity contribution in [2.75, 3.05) is 0 Å². The number of carbonyl (C=O) groups is 2. The summed E-state index contributed by atoms with van der Waals surface area (Å²) < 4.78 is 0. The van der Waals surface area contributed by atoms with Crippen LogP contribution >= 0.6 is 0 Å². The lowest BCUT2D eigenvalue weighted by Crippen LogP contribution is -2.31. The molecule has 0 radical (unpaired) electrons.